The Bertz CT molecular complexity index is 596. The van der Waals surface area contributed by atoms with Gasteiger partial charge in [-0.1, -0.05) is 23.5 Å². The summed E-state index contributed by atoms with van der Waals surface area (Å²) in [5, 5.41) is 16.3. The lowest BCUT2D eigenvalue weighted by Crippen LogP contribution is -2.13. The zero-order valence-corrected chi connectivity index (χ0v) is 10.2. The van der Waals surface area contributed by atoms with E-state index in [2.05, 4.69) is 14.9 Å². The van der Waals surface area contributed by atoms with Crippen LogP contribution in [0.15, 0.2) is 34.7 Å². The highest BCUT2D eigenvalue weighted by atomic mass is 32.2. The molecule has 90 valence electrons. The molecule has 0 saturated heterocycles. The van der Waals surface area contributed by atoms with Crippen LogP contribution in [0, 0.1) is 0 Å². The van der Waals surface area contributed by atoms with E-state index >= 15 is 0 Å². The molecule has 0 amide bonds. The van der Waals surface area contributed by atoms with E-state index in [0.29, 0.717) is 5.56 Å². The number of nitrogens with zero attached hydrogens (tertiary/aromatic N) is 2. The number of aromatic nitrogens is 2. The first kappa shape index (κ1) is 12.0. The lowest BCUT2D eigenvalue weighted by Gasteiger charge is -2.05. The van der Waals surface area contributed by atoms with Gasteiger partial charge in [0, 0.05) is 0 Å². The Morgan fingerprint density at radius 1 is 1.41 bits per heavy atom. The fourth-order valence-electron chi connectivity index (χ4n) is 1.20. The number of hydrogen-bond acceptors (Lipinski definition) is 6. The second-order valence-electron chi connectivity index (χ2n) is 3.15. The minimum absolute atomic E-state index is 0.0826. The molecule has 1 aromatic heterocycles. The number of aliphatic hydroxyl groups is 1. The van der Waals surface area contributed by atoms with Gasteiger partial charge >= 0.3 is 0 Å². The summed E-state index contributed by atoms with van der Waals surface area (Å²) in [6.07, 6.45) is 0. The van der Waals surface area contributed by atoms with Crippen LogP contribution < -0.4 is 4.72 Å². The number of aliphatic hydroxyl groups excluding tert-OH is 1. The highest BCUT2D eigenvalue weighted by Gasteiger charge is 2.15. The van der Waals surface area contributed by atoms with Crippen LogP contribution in [0.3, 0.4) is 0 Å². The SMILES string of the molecule is O=S(=O)(Nc1nncs1)c1cccc(CO)c1. The molecule has 1 heterocycles. The maximum Gasteiger partial charge on any atom is 0.263 e. The quantitative estimate of drug-likeness (QED) is 0.859. The molecule has 0 aliphatic heterocycles. The van der Waals surface area contributed by atoms with Crippen LogP contribution in [0.5, 0.6) is 0 Å². The van der Waals surface area contributed by atoms with Crippen molar-refractivity contribution in [2.45, 2.75) is 11.5 Å². The Labute approximate surface area is 102 Å². The lowest BCUT2D eigenvalue weighted by atomic mass is 10.2. The van der Waals surface area contributed by atoms with Crippen molar-refractivity contribution in [3.8, 4) is 0 Å². The molecule has 0 radical (unpaired) electrons. The normalized spacial score (nSPS) is 11.4. The minimum Gasteiger partial charge on any atom is -0.392 e. The third-order valence-electron chi connectivity index (χ3n) is 1.97. The number of nitrogens with one attached hydrogen (secondary N) is 1. The number of benzene rings is 1. The van der Waals surface area contributed by atoms with Crippen molar-refractivity contribution >= 4 is 26.5 Å². The maximum absolute atomic E-state index is 11.9. The predicted octanol–water partition coefficient (Wildman–Crippen LogP) is 0.831. The smallest absolute Gasteiger partial charge is 0.263 e. The number of hydrogen-bond donors (Lipinski definition) is 2. The Morgan fingerprint density at radius 2 is 2.24 bits per heavy atom. The molecule has 0 fully saturated rings. The molecule has 0 aliphatic carbocycles. The van der Waals surface area contributed by atoms with Gasteiger partial charge in [0.05, 0.1) is 11.5 Å². The number of rotatable bonds is 4. The van der Waals surface area contributed by atoms with Crippen LogP contribution in [-0.2, 0) is 16.6 Å². The number of anilines is 1. The maximum atomic E-state index is 11.9. The van der Waals surface area contributed by atoms with Crippen LogP contribution in [0.2, 0.25) is 0 Å². The predicted molar refractivity (Wildman–Crippen MR) is 63.1 cm³/mol. The lowest BCUT2D eigenvalue weighted by molar-refractivity contribution is 0.281. The molecule has 0 saturated carbocycles. The van der Waals surface area contributed by atoms with Gasteiger partial charge in [0.2, 0.25) is 5.13 Å². The highest BCUT2D eigenvalue weighted by Crippen LogP contribution is 2.17. The Balaban J connectivity index is 2.31. The fraction of sp³-hybridized carbons (Fsp3) is 0.111. The molecule has 2 N–H and O–H groups in total. The van der Waals surface area contributed by atoms with Crippen LogP contribution in [0.4, 0.5) is 5.13 Å². The van der Waals surface area contributed by atoms with E-state index in [0.717, 1.165) is 11.3 Å². The topological polar surface area (TPSA) is 92.2 Å². The van der Waals surface area contributed by atoms with Gasteiger partial charge in [-0.05, 0) is 17.7 Å². The summed E-state index contributed by atoms with van der Waals surface area (Å²) in [6, 6.07) is 6.07. The van der Waals surface area contributed by atoms with Gasteiger partial charge in [-0.25, -0.2) is 8.42 Å². The molecule has 0 aliphatic rings. The molecule has 6 nitrogen and oxygen atoms in total. The Hall–Kier alpha value is -1.51. The third kappa shape index (κ3) is 2.78. The average Bonchev–Trinajstić information content (AvgIpc) is 2.81. The van der Waals surface area contributed by atoms with Gasteiger partial charge in [-0.15, -0.1) is 10.2 Å². The van der Waals surface area contributed by atoms with Crippen molar-refractivity contribution in [2.75, 3.05) is 4.72 Å². The van der Waals surface area contributed by atoms with E-state index in [1.54, 1.807) is 12.1 Å². The highest BCUT2D eigenvalue weighted by molar-refractivity contribution is 7.93. The van der Waals surface area contributed by atoms with Gasteiger partial charge in [-0.3, -0.25) is 4.72 Å². The fourth-order valence-corrected chi connectivity index (χ4v) is 2.97. The summed E-state index contributed by atoms with van der Waals surface area (Å²) in [5.74, 6) is 0. The largest absolute Gasteiger partial charge is 0.392 e. The minimum atomic E-state index is -3.67. The van der Waals surface area contributed by atoms with E-state index in [-0.39, 0.29) is 16.6 Å². The van der Waals surface area contributed by atoms with Crippen LogP contribution in [0.25, 0.3) is 0 Å². The van der Waals surface area contributed by atoms with Crippen molar-refractivity contribution < 1.29 is 13.5 Å². The van der Waals surface area contributed by atoms with E-state index < -0.39 is 10.0 Å². The van der Waals surface area contributed by atoms with Gasteiger partial charge in [0.25, 0.3) is 10.0 Å². The molecule has 2 rings (SSSR count). The Kier molecular flexibility index (Phi) is 3.36. The molecule has 2 aromatic rings. The summed E-state index contributed by atoms with van der Waals surface area (Å²) in [5.41, 5.74) is 1.97. The van der Waals surface area contributed by atoms with Crippen molar-refractivity contribution in [2.24, 2.45) is 0 Å². The van der Waals surface area contributed by atoms with E-state index in [4.69, 9.17) is 5.11 Å². The Morgan fingerprint density at radius 3 is 2.88 bits per heavy atom. The van der Waals surface area contributed by atoms with Crippen molar-refractivity contribution in [3.05, 3.63) is 35.3 Å². The third-order valence-corrected chi connectivity index (χ3v) is 4.05. The summed E-state index contributed by atoms with van der Waals surface area (Å²) in [7, 11) is -3.67. The van der Waals surface area contributed by atoms with Crippen molar-refractivity contribution in [1.82, 2.24) is 10.2 Å². The van der Waals surface area contributed by atoms with Crippen LogP contribution in [0.1, 0.15) is 5.56 Å². The van der Waals surface area contributed by atoms with E-state index in [1.165, 1.54) is 17.6 Å². The zero-order chi connectivity index (χ0) is 12.3. The van der Waals surface area contributed by atoms with Crippen molar-refractivity contribution in [1.29, 1.82) is 0 Å². The molecule has 0 unspecified atom stereocenters. The molecule has 0 atom stereocenters. The summed E-state index contributed by atoms with van der Waals surface area (Å²) in [6.45, 7) is -0.206. The number of sulfonamides is 1. The van der Waals surface area contributed by atoms with E-state index in [9.17, 15) is 8.42 Å². The van der Waals surface area contributed by atoms with Gasteiger partial charge in [-0.2, -0.15) is 0 Å². The molecule has 0 spiro atoms. The standard InChI is InChI=1S/C9H9N3O3S2/c13-5-7-2-1-3-8(4-7)17(14,15)12-9-11-10-6-16-9/h1-4,6,13H,5H2,(H,11,12). The van der Waals surface area contributed by atoms with Crippen molar-refractivity contribution in [3.63, 3.8) is 0 Å². The molecule has 8 heteroatoms. The van der Waals surface area contributed by atoms with Crippen LogP contribution >= 0.6 is 11.3 Å². The first-order valence-corrected chi connectivity index (χ1v) is 6.97. The molecule has 17 heavy (non-hydrogen) atoms. The summed E-state index contributed by atoms with van der Waals surface area (Å²) in [4.78, 5) is 0.0826. The average molecular weight is 271 g/mol. The first-order chi connectivity index (χ1) is 8.12. The van der Waals surface area contributed by atoms with Gasteiger partial charge < -0.3 is 5.11 Å². The molecular weight excluding hydrogens is 262 g/mol. The summed E-state index contributed by atoms with van der Waals surface area (Å²) >= 11 is 1.09. The summed E-state index contributed by atoms with van der Waals surface area (Å²) < 4.78 is 26.1. The molecular formula is C9H9N3O3S2. The monoisotopic (exact) mass is 271 g/mol. The molecule has 1 aromatic carbocycles. The molecule has 0 bridgehead atoms. The van der Waals surface area contributed by atoms with Gasteiger partial charge in [0.15, 0.2) is 0 Å². The van der Waals surface area contributed by atoms with Crippen LogP contribution in [-0.4, -0.2) is 23.7 Å². The van der Waals surface area contributed by atoms with Gasteiger partial charge in [0.1, 0.15) is 5.51 Å². The zero-order valence-electron chi connectivity index (χ0n) is 8.57. The van der Waals surface area contributed by atoms with E-state index in [1.807, 2.05) is 0 Å². The second-order valence-corrected chi connectivity index (χ2v) is 5.67. The second kappa shape index (κ2) is 4.78. The first-order valence-electron chi connectivity index (χ1n) is 4.60.